The van der Waals surface area contributed by atoms with E-state index in [1.165, 1.54) is 19.2 Å². The largest absolute Gasteiger partial charge is 0.495 e. The first kappa shape index (κ1) is 19.2. The molecule has 2 N–H and O–H groups in total. The molecule has 5 nitrogen and oxygen atoms in total. The summed E-state index contributed by atoms with van der Waals surface area (Å²) in [6, 6.07) is 9.02. The van der Waals surface area contributed by atoms with Crippen molar-refractivity contribution in [3.63, 3.8) is 0 Å². The molecule has 0 unspecified atom stereocenters. The third kappa shape index (κ3) is 4.39. The molecule has 1 amide bonds. The molecule has 0 saturated carbocycles. The second kappa shape index (κ2) is 8.39. The zero-order valence-corrected chi connectivity index (χ0v) is 15.8. The molecule has 1 aliphatic heterocycles. The van der Waals surface area contributed by atoms with Crippen LogP contribution in [0.15, 0.2) is 36.4 Å². The maximum Gasteiger partial charge on any atom is 0.258 e. The number of rotatable bonds is 4. The summed E-state index contributed by atoms with van der Waals surface area (Å²) >= 11 is 5.91. The summed E-state index contributed by atoms with van der Waals surface area (Å²) in [5.41, 5.74) is 0.772. The highest BCUT2D eigenvalue weighted by Crippen LogP contribution is 2.28. The molecule has 1 fully saturated rings. The van der Waals surface area contributed by atoms with Crippen LogP contribution in [0, 0.1) is 11.2 Å². The van der Waals surface area contributed by atoms with Crippen LogP contribution in [-0.4, -0.2) is 36.8 Å². The van der Waals surface area contributed by atoms with E-state index in [-0.39, 0.29) is 5.56 Å². The van der Waals surface area contributed by atoms with Gasteiger partial charge in [-0.3, -0.25) is 10.2 Å². The van der Waals surface area contributed by atoms with Crippen LogP contribution in [0.5, 0.6) is 5.75 Å². The minimum atomic E-state index is -0.667. The summed E-state index contributed by atoms with van der Waals surface area (Å²) < 4.78 is 19.7. The Kier molecular flexibility index (Phi) is 5.96. The average molecular weight is 390 g/mol. The Morgan fingerprint density at radius 1 is 1.19 bits per heavy atom. The number of ether oxygens (including phenoxy) is 1. The van der Waals surface area contributed by atoms with E-state index in [0.29, 0.717) is 27.9 Å². The van der Waals surface area contributed by atoms with Gasteiger partial charge in [0.15, 0.2) is 0 Å². The number of benzene rings is 2. The molecule has 1 saturated heterocycles. The van der Waals surface area contributed by atoms with Gasteiger partial charge in [-0.25, -0.2) is 4.39 Å². The van der Waals surface area contributed by atoms with Gasteiger partial charge in [0.05, 0.1) is 18.4 Å². The first-order chi connectivity index (χ1) is 13.0. The molecule has 0 atom stereocenters. The number of carbonyl (C=O) groups is 1. The molecule has 27 heavy (non-hydrogen) atoms. The van der Waals surface area contributed by atoms with Gasteiger partial charge in [0.25, 0.3) is 5.91 Å². The second-order valence-electron chi connectivity index (χ2n) is 6.39. The summed E-state index contributed by atoms with van der Waals surface area (Å²) in [6.07, 6.45) is 3.23. The van der Waals surface area contributed by atoms with E-state index in [4.69, 9.17) is 21.7 Å². The predicted molar refractivity (Wildman–Crippen MR) is 105 cm³/mol. The predicted octanol–water partition coefficient (Wildman–Crippen LogP) is 4.55. The molecule has 7 heteroatoms. The maximum atomic E-state index is 14.5. The Morgan fingerprint density at radius 2 is 1.93 bits per heavy atom. The van der Waals surface area contributed by atoms with Crippen molar-refractivity contribution in [2.45, 2.75) is 19.3 Å². The van der Waals surface area contributed by atoms with Gasteiger partial charge >= 0.3 is 0 Å². The number of nitrogens with zero attached hydrogens (tertiary/aromatic N) is 1. The quantitative estimate of drug-likeness (QED) is 0.595. The molecule has 0 aromatic heterocycles. The molecule has 3 rings (SSSR count). The first-order valence-corrected chi connectivity index (χ1v) is 9.15. The molecule has 2 aromatic carbocycles. The topological polar surface area (TPSA) is 65.4 Å². The zero-order chi connectivity index (χ0) is 19.4. The van der Waals surface area contributed by atoms with E-state index < -0.39 is 11.7 Å². The SMILES string of the molecule is COc1cc(Cl)ccc1NC(=O)c1ccc(C(=N)N2CCCCC2)cc1F. The average Bonchev–Trinajstić information content (AvgIpc) is 2.69. The highest BCUT2D eigenvalue weighted by Gasteiger charge is 2.19. The lowest BCUT2D eigenvalue weighted by molar-refractivity contribution is 0.102. The van der Waals surface area contributed by atoms with Crippen LogP contribution in [0.4, 0.5) is 10.1 Å². The van der Waals surface area contributed by atoms with Crippen LogP contribution >= 0.6 is 11.6 Å². The van der Waals surface area contributed by atoms with Gasteiger partial charge in [-0.2, -0.15) is 0 Å². The molecule has 0 spiro atoms. The number of amidine groups is 1. The smallest absolute Gasteiger partial charge is 0.258 e. The lowest BCUT2D eigenvalue weighted by Gasteiger charge is -2.29. The summed E-state index contributed by atoms with van der Waals surface area (Å²) in [4.78, 5) is 14.4. The number of anilines is 1. The lowest BCUT2D eigenvalue weighted by atomic mass is 10.1. The van der Waals surface area contributed by atoms with Crippen molar-refractivity contribution in [2.75, 3.05) is 25.5 Å². The number of hydrogen-bond donors (Lipinski definition) is 2. The van der Waals surface area contributed by atoms with E-state index in [0.717, 1.165) is 32.4 Å². The van der Waals surface area contributed by atoms with Crippen LogP contribution in [0.3, 0.4) is 0 Å². The van der Waals surface area contributed by atoms with Gasteiger partial charge in [-0.05, 0) is 43.5 Å². The number of nitrogens with one attached hydrogen (secondary N) is 2. The van der Waals surface area contributed by atoms with Crippen molar-refractivity contribution in [1.82, 2.24) is 4.90 Å². The molecule has 1 heterocycles. The number of hydrogen-bond acceptors (Lipinski definition) is 3. The molecule has 2 aromatic rings. The minimum absolute atomic E-state index is 0.0952. The van der Waals surface area contributed by atoms with Gasteiger partial charge in [0.2, 0.25) is 0 Å². The fourth-order valence-corrected chi connectivity index (χ4v) is 3.27. The van der Waals surface area contributed by atoms with Gasteiger partial charge < -0.3 is 15.0 Å². The second-order valence-corrected chi connectivity index (χ2v) is 6.83. The van der Waals surface area contributed by atoms with Crippen molar-refractivity contribution in [2.24, 2.45) is 0 Å². The summed E-state index contributed by atoms with van der Waals surface area (Å²) in [5, 5.41) is 11.4. The van der Waals surface area contributed by atoms with Gasteiger partial charge in [0, 0.05) is 29.7 Å². The van der Waals surface area contributed by atoms with Gasteiger partial charge in [-0.1, -0.05) is 17.7 Å². The number of likely N-dealkylation sites (tertiary alicyclic amines) is 1. The number of piperidine rings is 1. The number of amides is 1. The molecule has 0 bridgehead atoms. The third-order valence-electron chi connectivity index (χ3n) is 4.57. The Hall–Kier alpha value is -2.60. The standard InChI is InChI=1S/C20H21ClFN3O2/c1-27-18-12-14(21)6-8-17(18)24-20(26)15-7-5-13(11-16(15)22)19(23)25-9-3-2-4-10-25/h5-8,11-12,23H,2-4,9-10H2,1H3,(H,24,26). The number of halogens is 2. The Morgan fingerprint density at radius 3 is 2.59 bits per heavy atom. The highest BCUT2D eigenvalue weighted by atomic mass is 35.5. The van der Waals surface area contributed by atoms with E-state index in [1.54, 1.807) is 24.3 Å². The normalized spacial score (nSPS) is 14.0. The molecule has 0 radical (unpaired) electrons. The zero-order valence-electron chi connectivity index (χ0n) is 15.0. The van der Waals surface area contributed by atoms with Gasteiger partial charge in [-0.15, -0.1) is 0 Å². The van der Waals surface area contributed by atoms with Crippen LogP contribution in [0.1, 0.15) is 35.2 Å². The Labute approximate surface area is 162 Å². The molecule has 1 aliphatic rings. The van der Waals surface area contributed by atoms with Crippen LogP contribution < -0.4 is 10.1 Å². The van der Waals surface area contributed by atoms with E-state index >= 15 is 0 Å². The monoisotopic (exact) mass is 389 g/mol. The van der Waals surface area contributed by atoms with Crippen molar-refractivity contribution < 1.29 is 13.9 Å². The number of carbonyl (C=O) groups excluding carboxylic acids is 1. The molecular weight excluding hydrogens is 369 g/mol. The van der Waals surface area contributed by atoms with E-state index in [2.05, 4.69) is 5.32 Å². The van der Waals surface area contributed by atoms with Gasteiger partial charge in [0.1, 0.15) is 17.4 Å². The van der Waals surface area contributed by atoms with Crippen molar-refractivity contribution in [3.05, 3.63) is 58.4 Å². The van der Waals surface area contributed by atoms with E-state index in [1.807, 2.05) is 4.90 Å². The summed E-state index contributed by atoms with van der Waals surface area (Å²) in [6.45, 7) is 1.61. The van der Waals surface area contributed by atoms with Crippen LogP contribution in [0.25, 0.3) is 0 Å². The fourth-order valence-electron chi connectivity index (χ4n) is 3.10. The maximum absolute atomic E-state index is 14.5. The third-order valence-corrected chi connectivity index (χ3v) is 4.81. The molecule has 142 valence electrons. The Balaban J connectivity index is 1.77. The fraction of sp³-hybridized carbons (Fsp3) is 0.300. The molecular formula is C20H21ClFN3O2. The first-order valence-electron chi connectivity index (χ1n) is 8.78. The highest BCUT2D eigenvalue weighted by molar-refractivity contribution is 6.30. The minimum Gasteiger partial charge on any atom is -0.495 e. The van der Waals surface area contributed by atoms with Crippen molar-refractivity contribution >= 4 is 29.0 Å². The summed E-state index contributed by atoms with van der Waals surface area (Å²) in [7, 11) is 1.46. The van der Waals surface area contributed by atoms with E-state index in [9.17, 15) is 9.18 Å². The summed E-state index contributed by atoms with van der Waals surface area (Å²) in [5.74, 6) is -0.580. The Bertz CT molecular complexity index is 866. The van der Waals surface area contributed by atoms with Crippen molar-refractivity contribution in [3.8, 4) is 5.75 Å². The number of methoxy groups -OCH3 is 1. The molecule has 0 aliphatic carbocycles. The lowest BCUT2D eigenvalue weighted by Crippen LogP contribution is -2.35. The van der Waals surface area contributed by atoms with Crippen LogP contribution in [0.2, 0.25) is 5.02 Å². The van der Waals surface area contributed by atoms with Crippen molar-refractivity contribution in [1.29, 1.82) is 5.41 Å². The van der Waals surface area contributed by atoms with Crippen LogP contribution in [-0.2, 0) is 0 Å².